The van der Waals surface area contributed by atoms with Gasteiger partial charge in [-0.1, -0.05) is 15.9 Å². The summed E-state index contributed by atoms with van der Waals surface area (Å²) >= 11 is 3.35. The van der Waals surface area contributed by atoms with Crippen molar-refractivity contribution in [1.82, 2.24) is 0 Å². The van der Waals surface area contributed by atoms with Gasteiger partial charge in [-0.15, -0.1) is 0 Å². The number of esters is 1. The molecule has 6 heteroatoms. The summed E-state index contributed by atoms with van der Waals surface area (Å²) in [5.74, 6) is -0.325. The maximum atomic E-state index is 11.8. The Hall–Kier alpha value is -0.460. The van der Waals surface area contributed by atoms with Crippen LogP contribution in [0.2, 0.25) is 0 Å². The monoisotopic (exact) mass is 304 g/mol. The van der Waals surface area contributed by atoms with Gasteiger partial charge in [0.25, 0.3) is 0 Å². The van der Waals surface area contributed by atoms with Crippen molar-refractivity contribution in [3.8, 4) is 0 Å². The molecule has 1 saturated carbocycles. The van der Waals surface area contributed by atoms with Gasteiger partial charge in [-0.05, 0) is 6.92 Å². The summed E-state index contributed by atoms with van der Waals surface area (Å²) in [4.78, 5) is 23.1. The molecule has 5 atom stereocenters. The molecular weight excluding hydrogens is 292 g/mol. The summed E-state index contributed by atoms with van der Waals surface area (Å²) < 4.78 is 16.7. The van der Waals surface area contributed by atoms with Gasteiger partial charge in [-0.25, -0.2) is 4.79 Å². The summed E-state index contributed by atoms with van der Waals surface area (Å²) in [6, 6.07) is 0. The molecule has 1 spiro atoms. The van der Waals surface area contributed by atoms with Crippen LogP contribution >= 0.6 is 15.9 Å². The topological polar surface area (TPSA) is 61.8 Å². The van der Waals surface area contributed by atoms with Gasteiger partial charge in [0.15, 0.2) is 17.5 Å². The van der Waals surface area contributed by atoms with E-state index in [4.69, 9.17) is 14.2 Å². The SMILES string of the molecule is C[C@@H]1O[C@@H]2[C@@H](Br)C(=O)C[C@@H]3OCC[C@@]32OC1=O. The first kappa shape index (κ1) is 11.6. The Morgan fingerprint density at radius 3 is 2.94 bits per heavy atom. The maximum absolute atomic E-state index is 11.8. The van der Waals surface area contributed by atoms with Crippen molar-refractivity contribution in [3.63, 3.8) is 0 Å². The first-order chi connectivity index (χ1) is 8.04. The van der Waals surface area contributed by atoms with Crippen LogP contribution in [0.3, 0.4) is 0 Å². The predicted octanol–water partition coefficient (Wildman–Crippen LogP) is 0.581. The van der Waals surface area contributed by atoms with E-state index in [0.717, 1.165) is 0 Å². The standard InChI is InChI=1S/C11H13BrO5/c1-5-10(14)17-11-2-3-15-7(11)4-6(13)8(12)9(11)16-5/h5,7-9H,2-4H2,1H3/t5-,7-,8-,9+,11+/m0/s1. The lowest BCUT2D eigenvalue weighted by Crippen LogP contribution is -2.67. The number of ketones is 1. The van der Waals surface area contributed by atoms with Crippen LogP contribution in [0.5, 0.6) is 0 Å². The fraction of sp³-hybridized carbons (Fsp3) is 0.818. The van der Waals surface area contributed by atoms with Crippen molar-refractivity contribution in [2.45, 2.75) is 48.5 Å². The van der Waals surface area contributed by atoms with Crippen molar-refractivity contribution < 1.29 is 23.8 Å². The van der Waals surface area contributed by atoms with E-state index in [2.05, 4.69) is 15.9 Å². The predicted molar refractivity (Wildman–Crippen MR) is 59.9 cm³/mol. The van der Waals surface area contributed by atoms with Gasteiger partial charge in [0.05, 0.1) is 6.61 Å². The lowest BCUT2D eigenvalue weighted by Gasteiger charge is -2.48. The number of halogens is 1. The van der Waals surface area contributed by atoms with Gasteiger partial charge in [0.1, 0.15) is 17.0 Å². The summed E-state index contributed by atoms with van der Waals surface area (Å²) in [6.45, 7) is 2.14. The summed E-state index contributed by atoms with van der Waals surface area (Å²) in [5.41, 5.74) is -0.772. The number of rotatable bonds is 0. The third kappa shape index (κ3) is 1.50. The molecule has 0 amide bonds. The molecule has 1 aliphatic carbocycles. The zero-order valence-electron chi connectivity index (χ0n) is 9.35. The van der Waals surface area contributed by atoms with Gasteiger partial charge in [0.2, 0.25) is 0 Å². The molecule has 3 fully saturated rings. The van der Waals surface area contributed by atoms with Gasteiger partial charge >= 0.3 is 5.97 Å². The molecular formula is C11H13BrO5. The molecule has 0 unspecified atom stereocenters. The Kier molecular flexibility index (Phi) is 2.57. The van der Waals surface area contributed by atoms with E-state index in [1.54, 1.807) is 6.92 Å². The molecule has 0 radical (unpaired) electrons. The van der Waals surface area contributed by atoms with Crippen LogP contribution in [-0.2, 0) is 23.8 Å². The van der Waals surface area contributed by atoms with E-state index >= 15 is 0 Å². The van der Waals surface area contributed by atoms with Crippen LogP contribution in [0.25, 0.3) is 0 Å². The largest absolute Gasteiger partial charge is 0.451 e. The highest BCUT2D eigenvalue weighted by atomic mass is 79.9. The highest BCUT2D eigenvalue weighted by molar-refractivity contribution is 9.10. The molecule has 0 aromatic rings. The highest BCUT2D eigenvalue weighted by Gasteiger charge is 2.63. The van der Waals surface area contributed by atoms with Crippen molar-refractivity contribution in [2.75, 3.05) is 6.61 Å². The van der Waals surface area contributed by atoms with Gasteiger partial charge in [0, 0.05) is 12.8 Å². The average Bonchev–Trinajstić information content (AvgIpc) is 2.66. The van der Waals surface area contributed by atoms with Crippen LogP contribution in [-0.4, -0.2) is 47.1 Å². The molecule has 0 aromatic carbocycles. The smallest absolute Gasteiger partial charge is 0.335 e. The molecule has 3 aliphatic rings. The fourth-order valence-corrected chi connectivity index (χ4v) is 3.60. The van der Waals surface area contributed by atoms with Gasteiger partial charge in [-0.3, -0.25) is 4.79 Å². The van der Waals surface area contributed by atoms with Crippen molar-refractivity contribution in [3.05, 3.63) is 0 Å². The van der Waals surface area contributed by atoms with Crippen LogP contribution in [0.4, 0.5) is 0 Å². The number of alkyl halides is 1. The Morgan fingerprint density at radius 1 is 1.41 bits per heavy atom. The van der Waals surface area contributed by atoms with E-state index < -0.39 is 22.6 Å². The second-order valence-corrected chi connectivity index (χ2v) is 5.74. The summed E-state index contributed by atoms with van der Waals surface area (Å²) in [7, 11) is 0. The molecule has 0 N–H and O–H groups in total. The van der Waals surface area contributed by atoms with Crippen LogP contribution in [0.1, 0.15) is 19.8 Å². The minimum atomic E-state index is -0.772. The zero-order chi connectivity index (χ0) is 12.2. The van der Waals surface area contributed by atoms with E-state index in [1.165, 1.54) is 0 Å². The number of carbonyl (C=O) groups excluding carboxylic acids is 2. The molecule has 17 heavy (non-hydrogen) atoms. The molecule has 3 rings (SSSR count). The third-order valence-electron chi connectivity index (χ3n) is 3.77. The van der Waals surface area contributed by atoms with Crippen LogP contribution in [0.15, 0.2) is 0 Å². The minimum absolute atomic E-state index is 0.0441. The van der Waals surface area contributed by atoms with E-state index in [1.807, 2.05) is 0 Å². The lowest BCUT2D eigenvalue weighted by molar-refractivity contribution is -0.241. The maximum Gasteiger partial charge on any atom is 0.335 e. The molecule has 2 aliphatic heterocycles. The van der Waals surface area contributed by atoms with Crippen molar-refractivity contribution in [1.29, 1.82) is 0 Å². The van der Waals surface area contributed by atoms with Crippen molar-refractivity contribution in [2.24, 2.45) is 0 Å². The quantitative estimate of drug-likeness (QED) is 0.484. The van der Waals surface area contributed by atoms with Gasteiger partial charge < -0.3 is 14.2 Å². The average molecular weight is 305 g/mol. The lowest BCUT2D eigenvalue weighted by atomic mass is 9.77. The molecule has 5 nitrogen and oxygen atoms in total. The van der Waals surface area contributed by atoms with E-state index in [9.17, 15) is 9.59 Å². The highest BCUT2D eigenvalue weighted by Crippen LogP contribution is 2.46. The minimum Gasteiger partial charge on any atom is -0.451 e. The number of hydrogen-bond acceptors (Lipinski definition) is 5. The normalized spacial score (nSPS) is 49.5. The fourth-order valence-electron chi connectivity index (χ4n) is 2.84. The van der Waals surface area contributed by atoms with Crippen LogP contribution in [0, 0.1) is 0 Å². The zero-order valence-corrected chi connectivity index (χ0v) is 10.9. The first-order valence-corrected chi connectivity index (χ1v) is 6.63. The third-order valence-corrected chi connectivity index (χ3v) is 4.76. The van der Waals surface area contributed by atoms with Gasteiger partial charge in [-0.2, -0.15) is 0 Å². The van der Waals surface area contributed by atoms with Crippen molar-refractivity contribution >= 4 is 27.7 Å². The molecule has 0 aromatic heterocycles. The Labute approximate surface area is 107 Å². The second-order valence-electron chi connectivity index (χ2n) is 4.76. The Balaban J connectivity index is 1.99. The molecule has 2 saturated heterocycles. The summed E-state index contributed by atoms with van der Waals surface area (Å²) in [6.07, 6.45) is -0.555. The molecule has 0 bridgehead atoms. The molecule has 2 heterocycles. The number of carbonyl (C=O) groups is 2. The van der Waals surface area contributed by atoms with Crippen LogP contribution < -0.4 is 0 Å². The van der Waals surface area contributed by atoms with E-state index in [0.29, 0.717) is 13.0 Å². The Morgan fingerprint density at radius 2 is 2.18 bits per heavy atom. The summed E-state index contributed by atoms with van der Waals surface area (Å²) in [5, 5.41) is 0. The Bertz CT molecular complexity index is 382. The second kappa shape index (κ2) is 3.76. The first-order valence-electron chi connectivity index (χ1n) is 5.71. The number of hydrogen-bond donors (Lipinski definition) is 0. The number of Topliss-reactive ketones (excluding diaryl/α,β-unsaturated/α-hetero) is 1. The number of ether oxygens (including phenoxy) is 3. The van der Waals surface area contributed by atoms with E-state index in [-0.39, 0.29) is 24.3 Å². The molecule has 94 valence electrons.